The minimum absolute atomic E-state index is 0.0372. The van der Waals surface area contributed by atoms with Gasteiger partial charge in [0.1, 0.15) is 0 Å². The summed E-state index contributed by atoms with van der Waals surface area (Å²) in [4.78, 5) is 0. The highest BCUT2D eigenvalue weighted by molar-refractivity contribution is 7.08. The topological polar surface area (TPSA) is 9.23 Å². The highest BCUT2D eigenvalue weighted by Crippen LogP contribution is 2.24. The van der Waals surface area contributed by atoms with Crippen LogP contribution in [0.2, 0.25) is 0 Å². The Morgan fingerprint density at radius 3 is 2.42 bits per heavy atom. The summed E-state index contributed by atoms with van der Waals surface area (Å²) in [5.74, 6) is 6.84. The van der Waals surface area contributed by atoms with Crippen molar-refractivity contribution >= 4 is 23.5 Å². The van der Waals surface area contributed by atoms with Gasteiger partial charge in [0.05, 0.1) is 0 Å². The van der Waals surface area contributed by atoms with Crippen LogP contribution in [0.1, 0.15) is 43.9 Å². The number of ether oxygens (including phenoxy) is 1. The fourth-order valence-electron chi connectivity index (χ4n) is 3.62. The van der Waals surface area contributed by atoms with E-state index in [-0.39, 0.29) is 5.41 Å². The van der Waals surface area contributed by atoms with Gasteiger partial charge in [-0.1, -0.05) is 72.5 Å². The Kier molecular flexibility index (Phi) is 9.31. The molecule has 1 aromatic heterocycles. The van der Waals surface area contributed by atoms with E-state index in [9.17, 15) is 0 Å². The fraction of sp³-hybridized carbons (Fsp3) is 0.290. The van der Waals surface area contributed by atoms with E-state index in [2.05, 4.69) is 116 Å². The van der Waals surface area contributed by atoms with E-state index >= 15 is 0 Å². The van der Waals surface area contributed by atoms with Crippen molar-refractivity contribution in [3.63, 3.8) is 0 Å². The molecule has 0 N–H and O–H groups in total. The van der Waals surface area contributed by atoms with Crippen molar-refractivity contribution in [3.8, 4) is 23.0 Å². The summed E-state index contributed by atoms with van der Waals surface area (Å²) in [6.07, 6.45) is 10.5. The van der Waals surface area contributed by atoms with Gasteiger partial charge in [0.25, 0.3) is 0 Å². The first kappa shape index (κ1) is 24.8. The van der Waals surface area contributed by atoms with E-state index in [1.165, 1.54) is 27.8 Å². The minimum Gasteiger partial charge on any atom is -0.384 e. The van der Waals surface area contributed by atoms with Gasteiger partial charge in [0, 0.05) is 19.1 Å². The number of benzene rings is 2. The SMILES string of the molecule is COCC(C/C=C/C#CC(C)(C)C)Cc1cccc(/C=C/c2cccc(-c3ccsc3)c2)c1. The number of rotatable bonds is 9. The van der Waals surface area contributed by atoms with Crippen LogP contribution >= 0.6 is 11.3 Å². The van der Waals surface area contributed by atoms with E-state index in [0.717, 1.165) is 19.4 Å². The normalized spacial score (nSPS) is 12.7. The summed E-state index contributed by atoms with van der Waals surface area (Å²) in [6, 6.07) is 19.6. The molecule has 170 valence electrons. The number of hydrogen-bond acceptors (Lipinski definition) is 2. The average molecular weight is 455 g/mol. The second-order valence-electron chi connectivity index (χ2n) is 9.40. The predicted octanol–water partition coefficient (Wildman–Crippen LogP) is 8.39. The van der Waals surface area contributed by atoms with Crippen molar-refractivity contribution in [1.29, 1.82) is 0 Å². The summed E-state index contributed by atoms with van der Waals surface area (Å²) < 4.78 is 5.48. The van der Waals surface area contributed by atoms with E-state index in [0.29, 0.717) is 5.92 Å². The summed E-state index contributed by atoms with van der Waals surface area (Å²) in [7, 11) is 1.78. The first-order chi connectivity index (χ1) is 15.9. The quantitative estimate of drug-likeness (QED) is 0.233. The molecule has 1 nitrogen and oxygen atoms in total. The first-order valence-electron chi connectivity index (χ1n) is 11.5. The molecule has 1 atom stereocenters. The Balaban J connectivity index is 1.65. The molecular formula is C31H34OS. The lowest BCUT2D eigenvalue weighted by Crippen LogP contribution is -2.10. The van der Waals surface area contributed by atoms with Crippen LogP contribution in [0.15, 0.2) is 77.5 Å². The summed E-state index contributed by atoms with van der Waals surface area (Å²) in [6.45, 7) is 7.13. The van der Waals surface area contributed by atoms with Crippen LogP contribution in [0.5, 0.6) is 0 Å². The smallest absolute Gasteiger partial charge is 0.0496 e. The number of methoxy groups -OCH3 is 1. The van der Waals surface area contributed by atoms with Crippen LogP contribution in [-0.2, 0) is 11.2 Å². The van der Waals surface area contributed by atoms with Crippen LogP contribution in [0.4, 0.5) is 0 Å². The number of allylic oxidation sites excluding steroid dienone is 2. The molecule has 2 aromatic carbocycles. The molecule has 33 heavy (non-hydrogen) atoms. The van der Waals surface area contributed by atoms with E-state index < -0.39 is 0 Å². The van der Waals surface area contributed by atoms with Crippen molar-refractivity contribution in [3.05, 3.63) is 94.2 Å². The van der Waals surface area contributed by atoms with Gasteiger partial charge in [-0.15, -0.1) is 0 Å². The highest BCUT2D eigenvalue weighted by atomic mass is 32.1. The van der Waals surface area contributed by atoms with Crippen molar-refractivity contribution < 1.29 is 4.74 Å². The average Bonchev–Trinajstić information content (AvgIpc) is 3.32. The molecule has 0 bridgehead atoms. The second-order valence-corrected chi connectivity index (χ2v) is 10.2. The summed E-state index contributed by atoms with van der Waals surface area (Å²) in [5.41, 5.74) is 6.34. The van der Waals surface area contributed by atoms with E-state index in [1.54, 1.807) is 18.4 Å². The molecule has 2 heteroatoms. The molecule has 1 unspecified atom stereocenters. The van der Waals surface area contributed by atoms with Crippen LogP contribution in [0.3, 0.4) is 0 Å². The molecule has 0 fully saturated rings. The molecule has 3 aromatic rings. The van der Waals surface area contributed by atoms with Gasteiger partial charge in [0.15, 0.2) is 0 Å². The van der Waals surface area contributed by atoms with Crippen LogP contribution < -0.4 is 0 Å². The number of hydrogen-bond donors (Lipinski definition) is 0. The maximum Gasteiger partial charge on any atom is 0.0496 e. The zero-order valence-corrected chi connectivity index (χ0v) is 21.0. The Morgan fingerprint density at radius 2 is 1.73 bits per heavy atom. The standard InChI is InChI=1S/C31H34OS/c1-31(2,3)18-7-5-6-10-28(23-32-4)21-27-13-8-11-25(20-27)15-16-26-12-9-14-29(22-26)30-17-19-33-24-30/h5-6,8-9,11-17,19-20,22,24,28H,10,21,23H2,1-4H3/b6-5+,16-15+. The lowest BCUT2D eigenvalue weighted by Gasteiger charge is -2.14. The van der Waals surface area contributed by atoms with E-state index in [1.807, 2.05) is 6.08 Å². The van der Waals surface area contributed by atoms with Crippen molar-refractivity contribution in [2.45, 2.75) is 33.6 Å². The minimum atomic E-state index is 0.0372. The Labute approximate surface area is 203 Å². The zero-order valence-electron chi connectivity index (χ0n) is 20.2. The van der Waals surface area contributed by atoms with Gasteiger partial charge in [-0.25, -0.2) is 0 Å². The molecule has 0 spiro atoms. The molecule has 0 aliphatic heterocycles. The van der Waals surface area contributed by atoms with Crippen LogP contribution in [0.25, 0.3) is 23.3 Å². The molecular weight excluding hydrogens is 420 g/mol. The highest BCUT2D eigenvalue weighted by Gasteiger charge is 2.08. The molecule has 0 saturated heterocycles. The number of thiophene rings is 1. The first-order valence-corrected chi connectivity index (χ1v) is 12.4. The third-order valence-corrected chi connectivity index (χ3v) is 5.89. The largest absolute Gasteiger partial charge is 0.384 e. The lowest BCUT2D eigenvalue weighted by atomic mass is 9.95. The molecule has 0 aliphatic rings. The predicted molar refractivity (Wildman–Crippen MR) is 145 cm³/mol. The second kappa shape index (κ2) is 12.4. The lowest BCUT2D eigenvalue weighted by molar-refractivity contribution is 0.153. The fourth-order valence-corrected chi connectivity index (χ4v) is 4.29. The van der Waals surface area contributed by atoms with Gasteiger partial charge in [0.2, 0.25) is 0 Å². The van der Waals surface area contributed by atoms with Gasteiger partial charge >= 0.3 is 0 Å². The third kappa shape index (κ3) is 8.89. The Bertz CT molecular complexity index is 1120. The Morgan fingerprint density at radius 1 is 0.970 bits per heavy atom. The van der Waals surface area contributed by atoms with Gasteiger partial charge in [-0.05, 0) is 96.3 Å². The molecule has 0 aliphatic carbocycles. The van der Waals surface area contributed by atoms with Gasteiger partial charge < -0.3 is 4.74 Å². The monoisotopic (exact) mass is 454 g/mol. The van der Waals surface area contributed by atoms with Crippen molar-refractivity contribution in [2.24, 2.45) is 11.3 Å². The molecule has 0 radical (unpaired) electrons. The van der Waals surface area contributed by atoms with Crippen molar-refractivity contribution in [1.82, 2.24) is 0 Å². The maximum atomic E-state index is 5.48. The third-order valence-electron chi connectivity index (χ3n) is 5.20. The summed E-state index contributed by atoms with van der Waals surface area (Å²) >= 11 is 1.73. The summed E-state index contributed by atoms with van der Waals surface area (Å²) in [5, 5.41) is 4.31. The van der Waals surface area contributed by atoms with Crippen molar-refractivity contribution in [2.75, 3.05) is 13.7 Å². The maximum absolute atomic E-state index is 5.48. The van der Waals surface area contributed by atoms with Crippen LogP contribution in [-0.4, -0.2) is 13.7 Å². The molecule has 0 amide bonds. The Hall–Kier alpha value is -2.86. The molecule has 0 saturated carbocycles. The molecule has 1 heterocycles. The van der Waals surface area contributed by atoms with Gasteiger partial charge in [-0.2, -0.15) is 11.3 Å². The zero-order chi connectivity index (χ0) is 23.5. The van der Waals surface area contributed by atoms with Crippen LogP contribution in [0, 0.1) is 23.2 Å². The molecule has 3 rings (SSSR count). The van der Waals surface area contributed by atoms with E-state index in [4.69, 9.17) is 4.74 Å². The van der Waals surface area contributed by atoms with Gasteiger partial charge in [-0.3, -0.25) is 0 Å².